The van der Waals surface area contributed by atoms with Crippen LogP contribution >= 0.6 is 0 Å². The fourth-order valence-electron chi connectivity index (χ4n) is 9.31. The highest BCUT2D eigenvalue weighted by Gasteiger charge is 2.19. The van der Waals surface area contributed by atoms with Crippen LogP contribution in [0.3, 0.4) is 0 Å². The third-order valence-corrected chi connectivity index (χ3v) is 14.2. The first-order chi connectivity index (χ1) is 36.5. The van der Waals surface area contributed by atoms with E-state index in [1.165, 1.54) is 199 Å². The third kappa shape index (κ3) is 60.0. The molecule has 1 atom stereocenters. The molecule has 6 nitrogen and oxygen atoms in total. The molecule has 430 valence electrons. The smallest absolute Gasteiger partial charge is 0.306 e. The van der Waals surface area contributed by atoms with Gasteiger partial charge in [0.2, 0.25) is 0 Å². The second kappa shape index (κ2) is 62.6. The molecule has 0 aromatic heterocycles. The summed E-state index contributed by atoms with van der Waals surface area (Å²) in [6, 6.07) is 0. The zero-order chi connectivity index (χ0) is 53.6. The van der Waals surface area contributed by atoms with Crippen LogP contribution in [0.25, 0.3) is 0 Å². The van der Waals surface area contributed by atoms with Gasteiger partial charge in [0.25, 0.3) is 0 Å². The first-order valence-corrected chi connectivity index (χ1v) is 32.3. The van der Waals surface area contributed by atoms with Gasteiger partial charge in [0, 0.05) is 19.3 Å². The van der Waals surface area contributed by atoms with Crippen LogP contribution in [0.4, 0.5) is 0 Å². The summed E-state index contributed by atoms with van der Waals surface area (Å²) in [6.07, 6.45) is 79.5. The molecule has 0 spiro atoms. The van der Waals surface area contributed by atoms with Gasteiger partial charge in [0.15, 0.2) is 6.10 Å². The van der Waals surface area contributed by atoms with E-state index in [2.05, 4.69) is 81.5 Å². The number of carbonyl (C=O) groups is 3. The molecule has 1 unspecified atom stereocenters. The largest absolute Gasteiger partial charge is 0.462 e. The van der Waals surface area contributed by atoms with Crippen LogP contribution in [-0.4, -0.2) is 37.2 Å². The molecular weight excluding hydrogens is 913 g/mol. The van der Waals surface area contributed by atoms with Gasteiger partial charge in [-0.05, 0) is 103 Å². The molecule has 74 heavy (non-hydrogen) atoms. The zero-order valence-corrected chi connectivity index (χ0v) is 49.4. The number of hydrogen-bond acceptors (Lipinski definition) is 6. The quantitative estimate of drug-likeness (QED) is 0.0261. The molecule has 0 fully saturated rings. The molecule has 0 N–H and O–H groups in total. The molecule has 0 radical (unpaired) electrons. The van der Waals surface area contributed by atoms with Crippen molar-refractivity contribution in [3.8, 4) is 0 Å². The van der Waals surface area contributed by atoms with Gasteiger partial charge >= 0.3 is 17.9 Å². The Morgan fingerprint density at radius 2 is 0.500 bits per heavy atom. The maximum absolute atomic E-state index is 12.9. The fourth-order valence-corrected chi connectivity index (χ4v) is 9.31. The molecule has 0 aromatic rings. The van der Waals surface area contributed by atoms with E-state index in [0.717, 1.165) is 96.3 Å². The highest BCUT2D eigenvalue weighted by atomic mass is 16.6. The molecule has 0 aliphatic carbocycles. The molecule has 0 amide bonds. The SMILES string of the molecule is CCCC/C=C\C/C=C\CCCCCCCC(=O)OCC(COC(=O)CCCCCCCCCCCCCCCCC/C=C\C/C=C\CCCCCCC)OC(=O)CCCCCCC/C=C\CCCCCCCC. The van der Waals surface area contributed by atoms with Crippen molar-refractivity contribution in [3.63, 3.8) is 0 Å². The fraction of sp³-hybridized carbons (Fsp3) is 0.809. The van der Waals surface area contributed by atoms with Crippen LogP contribution in [0.5, 0.6) is 0 Å². The molecule has 0 aliphatic rings. The summed E-state index contributed by atoms with van der Waals surface area (Å²) >= 11 is 0. The Labute approximate surface area is 460 Å². The Balaban J connectivity index is 4.24. The molecule has 0 saturated carbocycles. The topological polar surface area (TPSA) is 78.9 Å². The van der Waals surface area contributed by atoms with Crippen LogP contribution in [0.1, 0.15) is 335 Å². The Morgan fingerprint density at radius 3 is 0.797 bits per heavy atom. The van der Waals surface area contributed by atoms with Crippen molar-refractivity contribution < 1.29 is 28.6 Å². The van der Waals surface area contributed by atoms with Crippen LogP contribution < -0.4 is 0 Å². The van der Waals surface area contributed by atoms with E-state index < -0.39 is 6.10 Å². The van der Waals surface area contributed by atoms with Crippen molar-refractivity contribution in [1.82, 2.24) is 0 Å². The lowest BCUT2D eigenvalue weighted by Crippen LogP contribution is -2.30. The van der Waals surface area contributed by atoms with Gasteiger partial charge in [-0.15, -0.1) is 0 Å². The predicted molar refractivity (Wildman–Crippen MR) is 321 cm³/mol. The third-order valence-electron chi connectivity index (χ3n) is 14.2. The summed E-state index contributed by atoms with van der Waals surface area (Å²) in [4.78, 5) is 38.3. The van der Waals surface area contributed by atoms with Gasteiger partial charge in [-0.25, -0.2) is 0 Å². The number of ether oxygens (including phenoxy) is 3. The minimum atomic E-state index is -0.784. The van der Waals surface area contributed by atoms with Gasteiger partial charge in [-0.2, -0.15) is 0 Å². The first-order valence-electron chi connectivity index (χ1n) is 32.3. The van der Waals surface area contributed by atoms with E-state index >= 15 is 0 Å². The van der Waals surface area contributed by atoms with Crippen LogP contribution in [0, 0.1) is 0 Å². The summed E-state index contributed by atoms with van der Waals surface area (Å²) in [5.74, 6) is -0.887. The van der Waals surface area contributed by atoms with E-state index in [0.29, 0.717) is 19.3 Å². The van der Waals surface area contributed by atoms with E-state index in [4.69, 9.17) is 14.2 Å². The van der Waals surface area contributed by atoms with Gasteiger partial charge in [-0.1, -0.05) is 274 Å². The van der Waals surface area contributed by atoms with E-state index in [1.807, 2.05) is 0 Å². The average Bonchev–Trinajstić information content (AvgIpc) is 3.40. The van der Waals surface area contributed by atoms with Gasteiger partial charge in [0.1, 0.15) is 13.2 Å². The number of hydrogen-bond donors (Lipinski definition) is 0. The predicted octanol–water partition coefficient (Wildman–Crippen LogP) is 21.9. The Hall–Kier alpha value is -2.89. The maximum atomic E-state index is 12.9. The highest BCUT2D eigenvalue weighted by Crippen LogP contribution is 2.17. The van der Waals surface area contributed by atoms with Crippen molar-refractivity contribution in [2.75, 3.05) is 13.2 Å². The number of allylic oxidation sites excluding steroid dienone is 10. The molecule has 0 aliphatic heterocycles. The van der Waals surface area contributed by atoms with Gasteiger partial charge < -0.3 is 14.2 Å². The Kier molecular flexibility index (Phi) is 60.2. The summed E-state index contributed by atoms with van der Waals surface area (Å²) in [6.45, 7) is 6.60. The summed E-state index contributed by atoms with van der Waals surface area (Å²) in [7, 11) is 0. The van der Waals surface area contributed by atoms with Crippen molar-refractivity contribution >= 4 is 17.9 Å². The Bertz CT molecular complexity index is 1330. The zero-order valence-electron chi connectivity index (χ0n) is 49.4. The second-order valence-corrected chi connectivity index (χ2v) is 21.7. The minimum Gasteiger partial charge on any atom is -0.462 e. The molecule has 0 rings (SSSR count). The lowest BCUT2D eigenvalue weighted by Gasteiger charge is -2.18. The monoisotopic (exact) mass is 1030 g/mol. The summed E-state index contributed by atoms with van der Waals surface area (Å²) in [5.41, 5.74) is 0. The highest BCUT2D eigenvalue weighted by molar-refractivity contribution is 5.71. The number of rotatable bonds is 59. The maximum Gasteiger partial charge on any atom is 0.306 e. The Morgan fingerprint density at radius 1 is 0.270 bits per heavy atom. The normalized spacial score (nSPS) is 12.4. The van der Waals surface area contributed by atoms with Crippen LogP contribution in [0.2, 0.25) is 0 Å². The average molecular weight is 1040 g/mol. The van der Waals surface area contributed by atoms with E-state index in [-0.39, 0.29) is 31.1 Å². The van der Waals surface area contributed by atoms with E-state index in [9.17, 15) is 14.4 Å². The number of esters is 3. The number of carbonyl (C=O) groups excluding carboxylic acids is 3. The summed E-state index contributed by atoms with van der Waals surface area (Å²) in [5, 5.41) is 0. The lowest BCUT2D eigenvalue weighted by atomic mass is 10.0. The molecule has 0 saturated heterocycles. The standard InChI is InChI=1S/C68H122O6/c1-4-7-10-13-16-19-22-25-28-29-30-31-32-33-34-35-36-37-38-39-41-43-46-49-52-55-58-61-67(70)73-64-65(63-72-66(69)60-57-54-51-48-45-42-27-24-21-18-15-12-9-6-3)74-68(71)62-59-56-53-50-47-44-40-26-23-20-17-14-11-8-5-2/h15,18,22,24-27,29-30,40,65H,4-14,16-17,19-21,23,28,31-39,41-64H2,1-3H3/b18-15-,25-22-,27-24-,30-29-,40-26-. The van der Waals surface area contributed by atoms with Crippen molar-refractivity contribution in [1.29, 1.82) is 0 Å². The molecule has 0 aromatic carbocycles. The molecule has 0 bridgehead atoms. The first kappa shape index (κ1) is 71.1. The van der Waals surface area contributed by atoms with E-state index in [1.54, 1.807) is 0 Å². The summed E-state index contributed by atoms with van der Waals surface area (Å²) < 4.78 is 16.9. The molecule has 0 heterocycles. The lowest BCUT2D eigenvalue weighted by molar-refractivity contribution is -0.167. The second-order valence-electron chi connectivity index (χ2n) is 21.7. The number of unbranched alkanes of at least 4 members (excludes halogenated alkanes) is 38. The molecular formula is C68H122O6. The van der Waals surface area contributed by atoms with Crippen LogP contribution in [0.15, 0.2) is 60.8 Å². The van der Waals surface area contributed by atoms with Crippen molar-refractivity contribution in [2.24, 2.45) is 0 Å². The van der Waals surface area contributed by atoms with Crippen molar-refractivity contribution in [2.45, 2.75) is 341 Å². The van der Waals surface area contributed by atoms with Gasteiger partial charge in [0.05, 0.1) is 0 Å². The minimum absolute atomic E-state index is 0.0799. The van der Waals surface area contributed by atoms with Gasteiger partial charge in [-0.3, -0.25) is 14.4 Å². The molecule has 6 heteroatoms. The van der Waals surface area contributed by atoms with Crippen LogP contribution in [-0.2, 0) is 28.6 Å². The van der Waals surface area contributed by atoms with Crippen molar-refractivity contribution in [3.05, 3.63) is 60.8 Å².